The Bertz CT molecular complexity index is 726. The van der Waals surface area contributed by atoms with Crippen LogP contribution in [0, 0.1) is 0 Å². The Hall–Kier alpha value is -1.56. The van der Waals surface area contributed by atoms with Crippen molar-refractivity contribution in [1.82, 2.24) is 0 Å². The highest BCUT2D eigenvalue weighted by Crippen LogP contribution is 2.31. The Morgan fingerprint density at radius 2 is 1.95 bits per heavy atom. The van der Waals surface area contributed by atoms with E-state index in [1.165, 1.54) is 12.1 Å². The molecule has 0 aliphatic carbocycles. The number of hydrogen-bond acceptors (Lipinski definition) is 4. The maximum absolute atomic E-state index is 11.5. The van der Waals surface area contributed by atoms with Gasteiger partial charge in [-0.1, -0.05) is 23.7 Å². The second kappa shape index (κ2) is 5.83. The minimum absolute atomic E-state index is 0.108. The van der Waals surface area contributed by atoms with Gasteiger partial charge in [-0.3, -0.25) is 0 Å². The summed E-state index contributed by atoms with van der Waals surface area (Å²) in [5, 5.41) is 9.35. The van der Waals surface area contributed by atoms with Crippen molar-refractivity contribution in [3.8, 4) is 11.5 Å². The molecule has 0 saturated heterocycles. The van der Waals surface area contributed by atoms with Gasteiger partial charge in [0.15, 0.2) is 9.84 Å². The van der Waals surface area contributed by atoms with Crippen LogP contribution in [0.5, 0.6) is 11.5 Å². The summed E-state index contributed by atoms with van der Waals surface area (Å²) in [6.07, 6.45) is 1.13. The van der Waals surface area contributed by atoms with E-state index in [4.69, 9.17) is 21.4 Å². The molecule has 1 N–H and O–H groups in total. The third kappa shape index (κ3) is 3.50. The SMILES string of the molecule is CS(=O)(=O)c1cccc(Oc2ccc(CO)cc2Cl)c1. The summed E-state index contributed by atoms with van der Waals surface area (Å²) in [7, 11) is -3.28. The Kier molecular flexibility index (Phi) is 4.32. The normalized spacial score (nSPS) is 11.3. The van der Waals surface area contributed by atoms with Gasteiger partial charge in [-0.2, -0.15) is 0 Å². The van der Waals surface area contributed by atoms with Gasteiger partial charge in [0, 0.05) is 6.26 Å². The molecule has 20 heavy (non-hydrogen) atoms. The molecular formula is C14H13ClO4S. The van der Waals surface area contributed by atoms with E-state index in [-0.39, 0.29) is 11.5 Å². The second-order valence-electron chi connectivity index (χ2n) is 4.27. The summed E-state index contributed by atoms with van der Waals surface area (Å²) in [5.41, 5.74) is 0.673. The van der Waals surface area contributed by atoms with Crippen LogP contribution in [0.2, 0.25) is 5.02 Å². The smallest absolute Gasteiger partial charge is 0.175 e. The molecule has 0 saturated carbocycles. The van der Waals surface area contributed by atoms with Crippen molar-refractivity contribution in [2.75, 3.05) is 6.26 Å². The summed E-state index contributed by atoms with van der Waals surface area (Å²) < 4.78 is 28.5. The van der Waals surface area contributed by atoms with Gasteiger partial charge in [-0.15, -0.1) is 0 Å². The molecule has 0 fully saturated rings. The summed E-state index contributed by atoms with van der Waals surface area (Å²) in [6, 6.07) is 11.1. The van der Waals surface area contributed by atoms with Crippen molar-refractivity contribution in [2.24, 2.45) is 0 Å². The van der Waals surface area contributed by atoms with Crippen LogP contribution in [0.3, 0.4) is 0 Å². The Morgan fingerprint density at radius 1 is 1.20 bits per heavy atom. The number of ether oxygens (including phenoxy) is 1. The molecule has 0 heterocycles. The van der Waals surface area contributed by atoms with Crippen molar-refractivity contribution in [2.45, 2.75) is 11.5 Å². The number of benzene rings is 2. The van der Waals surface area contributed by atoms with Gasteiger partial charge in [0.05, 0.1) is 16.5 Å². The van der Waals surface area contributed by atoms with E-state index in [9.17, 15) is 8.42 Å². The molecule has 0 aromatic heterocycles. The minimum atomic E-state index is -3.28. The van der Waals surface area contributed by atoms with Crippen LogP contribution in [0.4, 0.5) is 0 Å². The molecule has 0 atom stereocenters. The lowest BCUT2D eigenvalue weighted by atomic mass is 10.2. The van der Waals surface area contributed by atoms with Gasteiger partial charge >= 0.3 is 0 Å². The van der Waals surface area contributed by atoms with E-state index >= 15 is 0 Å². The fraction of sp³-hybridized carbons (Fsp3) is 0.143. The summed E-state index contributed by atoms with van der Waals surface area (Å²) in [5.74, 6) is 0.779. The quantitative estimate of drug-likeness (QED) is 0.942. The van der Waals surface area contributed by atoms with Crippen molar-refractivity contribution >= 4 is 21.4 Å². The van der Waals surface area contributed by atoms with E-state index in [2.05, 4.69) is 0 Å². The lowest BCUT2D eigenvalue weighted by molar-refractivity contribution is 0.281. The van der Waals surface area contributed by atoms with Crippen molar-refractivity contribution in [1.29, 1.82) is 0 Å². The zero-order chi connectivity index (χ0) is 14.8. The number of sulfone groups is 1. The third-order valence-corrected chi connectivity index (χ3v) is 4.05. The highest BCUT2D eigenvalue weighted by Gasteiger charge is 2.09. The zero-order valence-electron chi connectivity index (χ0n) is 10.7. The highest BCUT2D eigenvalue weighted by atomic mass is 35.5. The fourth-order valence-corrected chi connectivity index (χ4v) is 2.52. The number of aliphatic hydroxyl groups is 1. The molecule has 0 aliphatic rings. The van der Waals surface area contributed by atoms with Crippen LogP contribution < -0.4 is 4.74 Å². The standard InChI is InChI=1S/C14H13ClO4S/c1-20(17,18)12-4-2-3-11(8-12)19-14-6-5-10(9-16)7-13(14)15/h2-8,16H,9H2,1H3. The first kappa shape index (κ1) is 14.8. The Labute approximate surface area is 122 Å². The monoisotopic (exact) mass is 312 g/mol. The van der Waals surface area contributed by atoms with E-state index in [1.807, 2.05) is 0 Å². The number of aliphatic hydroxyl groups excluding tert-OH is 1. The van der Waals surface area contributed by atoms with Crippen LogP contribution in [0.25, 0.3) is 0 Å². The first-order chi connectivity index (χ1) is 9.40. The van der Waals surface area contributed by atoms with Crippen molar-refractivity contribution in [3.05, 3.63) is 53.1 Å². The summed E-state index contributed by atoms with van der Waals surface area (Å²) >= 11 is 6.03. The molecule has 0 aliphatic heterocycles. The van der Waals surface area contributed by atoms with Crippen molar-refractivity contribution in [3.63, 3.8) is 0 Å². The lowest BCUT2D eigenvalue weighted by Crippen LogP contribution is -1.97. The lowest BCUT2D eigenvalue weighted by Gasteiger charge is -2.09. The Morgan fingerprint density at radius 3 is 2.55 bits per heavy atom. The molecule has 2 aromatic carbocycles. The van der Waals surface area contributed by atoms with Gasteiger partial charge in [0.2, 0.25) is 0 Å². The van der Waals surface area contributed by atoms with Crippen LogP contribution in [-0.4, -0.2) is 19.8 Å². The van der Waals surface area contributed by atoms with Crippen LogP contribution in [0.1, 0.15) is 5.56 Å². The average Bonchev–Trinajstić information content (AvgIpc) is 2.40. The van der Waals surface area contributed by atoms with E-state index < -0.39 is 9.84 Å². The highest BCUT2D eigenvalue weighted by molar-refractivity contribution is 7.90. The second-order valence-corrected chi connectivity index (χ2v) is 6.69. The molecule has 2 rings (SSSR count). The third-order valence-electron chi connectivity index (χ3n) is 2.64. The summed E-state index contributed by atoms with van der Waals surface area (Å²) in [4.78, 5) is 0.179. The molecule has 2 aromatic rings. The van der Waals surface area contributed by atoms with Gasteiger partial charge < -0.3 is 9.84 Å². The van der Waals surface area contributed by atoms with Crippen LogP contribution in [-0.2, 0) is 16.4 Å². The van der Waals surface area contributed by atoms with E-state index in [0.29, 0.717) is 22.1 Å². The minimum Gasteiger partial charge on any atom is -0.456 e. The average molecular weight is 313 g/mol. The van der Waals surface area contributed by atoms with Gasteiger partial charge in [-0.05, 0) is 35.9 Å². The Balaban J connectivity index is 2.31. The molecule has 106 valence electrons. The van der Waals surface area contributed by atoms with Gasteiger partial charge in [0.25, 0.3) is 0 Å². The number of hydrogen-bond donors (Lipinski definition) is 1. The van der Waals surface area contributed by atoms with E-state index in [1.54, 1.807) is 30.3 Å². The topological polar surface area (TPSA) is 63.6 Å². The molecular weight excluding hydrogens is 300 g/mol. The molecule has 0 spiro atoms. The maximum atomic E-state index is 11.5. The predicted octanol–water partition coefficient (Wildman–Crippen LogP) is 3.03. The maximum Gasteiger partial charge on any atom is 0.175 e. The predicted molar refractivity (Wildman–Crippen MR) is 77.0 cm³/mol. The largest absolute Gasteiger partial charge is 0.456 e. The number of halogens is 1. The molecule has 0 unspecified atom stereocenters. The molecule has 0 radical (unpaired) electrons. The number of rotatable bonds is 4. The molecule has 0 amide bonds. The molecule has 6 heteroatoms. The van der Waals surface area contributed by atoms with E-state index in [0.717, 1.165) is 6.26 Å². The summed E-state index contributed by atoms with van der Waals surface area (Å²) in [6.45, 7) is -0.108. The first-order valence-electron chi connectivity index (χ1n) is 5.77. The van der Waals surface area contributed by atoms with Crippen LogP contribution in [0.15, 0.2) is 47.4 Å². The molecule has 4 nitrogen and oxygen atoms in total. The van der Waals surface area contributed by atoms with Crippen LogP contribution >= 0.6 is 11.6 Å². The first-order valence-corrected chi connectivity index (χ1v) is 8.04. The fourth-order valence-electron chi connectivity index (χ4n) is 1.62. The molecule has 0 bridgehead atoms. The zero-order valence-corrected chi connectivity index (χ0v) is 12.3. The van der Waals surface area contributed by atoms with Crippen molar-refractivity contribution < 1.29 is 18.3 Å². The van der Waals surface area contributed by atoms with Gasteiger partial charge in [-0.25, -0.2) is 8.42 Å². The van der Waals surface area contributed by atoms with Gasteiger partial charge in [0.1, 0.15) is 11.5 Å².